The first-order valence-corrected chi connectivity index (χ1v) is 7.92. The molecule has 0 saturated heterocycles. The Balaban J connectivity index is 1.81. The molecule has 2 heterocycles. The molecule has 0 N–H and O–H groups in total. The Bertz CT molecular complexity index is 825. The fourth-order valence-electron chi connectivity index (χ4n) is 2.20. The van der Waals surface area contributed by atoms with Crippen molar-refractivity contribution in [3.8, 4) is 5.69 Å². The number of benzene rings is 1. The molecule has 0 saturated carbocycles. The number of esters is 1. The zero-order valence-electron chi connectivity index (χ0n) is 12.7. The Morgan fingerprint density at radius 1 is 1.35 bits per heavy atom. The molecular formula is C16H15N3O3S. The maximum Gasteiger partial charge on any atom is 0.341 e. The second-order valence-corrected chi connectivity index (χ2v) is 5.75. The standard InChI is InChI=1S/C16H15N3O3S/c1-11-5-3-4-6-13(11)19-10-17-18-16(19)23-9-14-12(7-8-22-14)15(20)21-2/h3-8,10H,9H2,1-2H3. The maximum atomic E-state index is 11.7. The van der Waals surface area contributed by atoms with Gasteiger partial charge in [-0.1, -0.05) is 30.0 Å². The van der Waals surface area contributed by atoms with E-state index in [2.05, 4.69) is 10.2 Å². The summed E-state index contributed by atoms with van der Waals surface area (Å²) >= 11 is 1.44. The van der Waals surface area contributed by atoms with E-state index in [0.29, 0.717) is 17.1 Å². The molecule has 1 aromatic carbocycles. The second kappa shape index (κ2) is 6.70. The first kappa shape index (κ1) is 15.4. The molecule has 0 unspecified atom stereocenters. The van der Waals surface area contributed by atoms with Gasteiger partial charge < -0.3 is 9.15 Å². The summed E-state index contributed by atoms with van der Waals surface area (Å²) in [4.78, 5) is 11.7. The molecule has 6 nitrogen and oxygen atoms in total. The maximum absolute atomic E-state index is 11.7. The van der Waals surface area contributed by atoms with Gasteiger partial charge in [0, 0.05) is 0 Å². The minimum Gasteiger partial charge on any atom is -0.468 e. The quantitative estimate of drug-likeness (QED) is 0.528. The zero-order valence-corrected chi connectivity index (χ0v) is 13.5. The van der Waals surface area contributed by atoms with Gasteiger partial charge in [0.1, 0.15) is 17.7 Å². The van der Waals surface area contributed by atoms with Crippen LogP contribution in [-0.4, -0.2) is 27.8 Å². The number of nitrogens with zero attached hydrogens (tertiary/aromatic N) is 3. The van der Waals surface area contributed by atoms with E-state index in [1.54, 1.807) is 12.4 Å². The summed E-state index contributed by atoms with van der Waals surface area (Å²) in [5.74, 6) is 0.609. The molecule has 0 atom stereocenters. The van der Waals surface area contributed by atoms with Crippen molar-refractivity contribution >= 4 is 17.7 Å². The van der Waals surface area contributed by atoms with Crippen LogP contribution in [0.2, 0.25) is 0 Å². The molecule has 0 amide bonds. The highest BCUT2D eigenvalue weighted by Gasteiger charge is 2.17. The lowest BCUT2D eigenvalue weighted by molar-refractivity contribution is 0.0598. The predicted molar refractivity (Wildman–Crippen MR) is 85.7 cm³/mol. The molecule has 7 heteroatoms. The number of aryl methyl sites for hydroxylation is 1. The highest BCUT2D eigenvalue weighted by atomic mass is 32.2. The molecule has 0 bridgehead atoms. The van der Waals surface area contributed by atoms with Crippen LogP contribution in [0.15, 0.2) is 52.5 Å². The highest BCUT2D eigenvalue weighted by molar-refractivity contribution is 7.98. The normalized spacial score (nSPS) is 10.7. The Morgan fingerprint density at radius 3 is 2.96 bits per heavy atom. The Morgan fingerprint density at radius 2 is 2.17 bits per heavy atom. The molecule has 0 aliphatic carbocycles. The van der Waals surface area contributed by atoms with Crippen LogP contribution in [-0.2, 0) is 10.5 Å². The fraction of sp³-hybridized carbons (Fsp3) is 0.188. The number of methoxy groups -OCH3 is 1. The summed E-state index contributed by atoms with van der Waals surface area (Å²) in [6, 6.07) is 9.61. The van der Waals surface area contributed by atoms with Gasteiger partial charge in [-0.2, -0.15) is 0 Å². The summed E-state index contributed by atoms with van der Waals surface area (Å²) in [5, 5.41) is 8.86. The van der Waals surface area contributed by atoms with Gasteiger partial charge in [0.15, 0.2) is 5.16 Å². The lowest BCUT2D eigenvalue weighted by atomic mass is 10.2. The molecule has 23 heavy (non-hydrogen) atoms. The molecule has 3 rings (SSSR count). The van der Waals surface area contributed by atoms with Crippen LogP contribution in [0.25, 0.3) is 5.69 Å². The van der Waals surface area contributed by atoms with Crippen molar-refractivity contribution < 1.29 is 13.9 Å². The minimum absolute atomic E-state index is 0.408. The first-order chi connectivity index (χ1) is 11.2. The van der Waals surface area contributed by atoms with Crippen LogP contribution in [0.4, 0.5) is 0 Å². The molecule has 0 aliphatic heterocycles. The van der Waals surface area contributed by atoms with Crippen molar-refractivity contribution in [1.82, 2.24) is 14.8 Å². The number of hydrogen-bond donors (Lipinski definition) is 0. The number of hydrogen-bond acceptors (Lipinski definition) is 6. The van der Waals surface area contributed by atoms with Crippen molar-refractivity contribution in [2.75, 3.05) is 7.11 Å². The topological polar surface area (TPSA) is 70.2 Å². The average molecular weight is 329 g/mol. The van der Waals surface area contributed by atoms with Crippen molar-refractivity contribution in [2.45, 2.75) is 17.8 Å². The van der Waals surface area contributed by atoms with E-state index in [-0.39, 0.29) is 0 Å². The number of aromatic nitrogens is 3. The Labute approximate surface area is 137 Å². The third-order valence-electron chi connectivity index (χ3n) is 3.37. The molecule has 118 valence electrons. The Hall–Kier alpha value is -2.54. The van der Waals surface area contributed by atoms with Gasteiger partial charge in [-0.15, -0.1) is 10.2 Å². The number of para-hydroxylation sites is 1. The van der Waals surface area contributed by atoms with Gasteiger partial charge in [0.05, 0.1) is 24.8 Å². The van der Waals surface area contributed by atoms with Crippen molar-refractivity contribution in [2.24, 2.45) is 0 Å². The number of furan rings is 1. The van der Waals surface area contributed by atoms with Crippen LogP contribution in [0.1, 0.15) is 21.7 Å². The first-order valence-electron chi connectivity index (χ1n) is 6.94. The summed E-state index contributed by atoms with van der Waals surface area (Å²) in [6.45, 7) is 2.03. The van der Waals surface area contributed by atoms with Crippen LogP contribution in [0.5, 0.6) is 0 Å². The van der Waals surface area contributed by atoms with E-state index in [1.165, 1.54) is 25.1 Å². The molecule has 2 aromatic heterocycles. The van der Waals surface area contributed by atoms with E-state index < -0.39 is 5.97 Å². The smallest absolute Gasteiger partial charge is 0.341 e. The number of carbonyl (C=O) groups is 1. The van der Waals surface area contributed by atoms with Gasteiger partial charge in [-0.05, 0) is 24.6 Å². The van der Waals surface area contributed by atoms with Crippen LogP contribution >= 0.6 is 11.8 Å². The average Bonchev–Trinajstić information content (AvgIpc) is 3.21. The Kier molecular flexibility index (Phi) is 4.47. The van der Waals surface area contributed by atoms with E-state index in [4.69, 9.17) is 9.15 Å². The van der Waals surface area contributed by atoms with Crippen molar-refractivity contribution in [3.63, 3.8) is 0 Å². The number of rotatable bonds is 5. The van der Waals surface area contributed by atoms with Gasteiger partial charge in [0.2, 0.25) is 0 Å². The third-order valence-corrected chi connectivity index (χ3v) is 4.32. The SMILES string of the molecule is COC(=O)c1ccoc1CSc1nncn1-c1ccccc1C. The van der Waals surface area contributed by atoms with Gasteiger partial charge in [-0.25, -0.2) is 4.79 Å². The van der Waals surface area contributed by atoms with Gasteiger partial charge in [-0.3, -0.25) is 4.57 Å². The minimum atomic E-state index is -0.408. The molecular weight excluding hydrogens is 314 g/mol. The van der Waals surface area contributed by atoms with E-state index in [0.717, 1.165) is 16.4 Å². The van der Waals surface area contributed by atoms with Crippen LogP contribution in [0.3, 0.4) is 0 Å². The zero-order chi connectivity index (χ0) is 16.2. The molecule has 0 radical (unpaired) electrons. The van der Waals surface area contributed by atoms with E-state index >= 15 is 0 Å². The van der Waals surface area contributed by atoms with Crippen LogP contribution in [0, 0.1) is 6.92 Å². The fourth-order valence-corrected chi connectivity index (χ4v) is 3.07. The number of ether oxygens (including phenoxy) is 1. The molecule has 0 aliphatic rings. The lowest BCUT2D eigenvalue weighted by Crippen LogP contribution is -2.03. The van der Waals surface area contributed by atoms with Crippen LogP contribution < -0.4 is 0 Å². The molecule has 3 aromatic rings. The third kappa shape index (κ3) is 3.14. The predicted octanol–water partition coefficient (Wildman–Crippen LogP) is 3.25. The number of thioether (sulfide) groups is 1. The summed E-state index contributed by atoms with van der Waals surface area (Å²) < 4.78 is 12.0. The molecule has 0 fully saturated rings. The summed E-state index contributed by atoms with van der Waals surface area (Å²) in [6.07, 6.45) is 3.15. The monoisotopic (exact) mass is 329 g/mol. The van der Waals surface area contributed by atoms with Gasteiger partial charge >= 0.3 is 5.97 Å². The van der Waals surface area contributed by atoms with Crippen molar-refractivity contribution in [3.05, 3.63) is 59.8 Å². The largest absolute Gasteiger partial charge is 0.468 e. The second-order valence-electron chi connectivity index (χ2n) is 4.81. The van der Waals surface area contributed by atoms with Gasteiger partial charge in [0.25, 0.3) is 0 Å². The lowest BCUT2D eigenvalue weighted by Gasteiger charge is -2.08. The van der Waals surface area contributed by atoms with E-state index in [9.17, 15) is 4.79 Å². The van der Waals surface area contributed by atoms with E-state index in [1.807, 2.05) is 35.8 Å². The highest BCUT2D eigenvalue weighted by Crippen LogP contribution is 2.26. The summed E-state index contributed by atoms with van der Waals surface area (Å²) in [5.41, 5.74) is 2.58. The number of carbonyl (C=O) groups excluding carboxylic acids is 1. The van der Waals surface area contributed by atoms with Crippen molar-refractivity contribution in [1.29, 1.82) is 0 Å². The molecule has 0 spiro atoms. The summed E-state index contributed by atoms with van der Waals surface area (Å²) in [7, 11) is 1.35.